The molecule has 1 atom stereocenters. The Morgan fingerprint density at radius 1 is 0.974 bits per heavy atom. The van der Waals surface area contributed by atoms with Crippen LogP contribution in [0, 0.1) is 6.92 Å². The number of hydrogen-bond donors (Lipinski definition) is 1. The van der Waals surface area contributed by atoms with Crippen molar-refractivity contribution in [2.75, 3.05) is 34.3 Å². The highest BCUT2D eigenvalue weighted by molar-refractivity contribution is 6.46. The Hall–Kier alpha value is -4.43. The standard InChI is InChI=1S/C31H32N2O6/c1-20-6-5-7-21(18-20)19-39-25-14-12-23(13-15-25)28(34)26-27(22-8-10-24(11-9-22)31(37)38-4)33(17-16-32(2)3)30(36)29(26)35/h5-15,18,27,34H,16-17,19H2,1-4H3/t27-/m1/s1. The van der Waals surface area contributed by atoms with E-state index in [1.807, 2.05) is 50.2 Å². The van der Waals surface area contributed by atoms with Crippen molar-refractivity contribution in [1.82, 2.24) is 9.80 Å². The molecular weight excluding hydrogens is 496 g/mol. The second kappa shape index (κ2) is 12.0. The van der Waals surface area contributed by atoms with E-state index < -0.39 is 23.7 Å². The summed E-state index contributed by atoms with van der Waals surface area (Å²) < 4.78 is 10.7. The maximum Gasteiger partial charge on any atom is 0.337 e. The maximum atomic E-state index is 13.2. The van der Waals surface area contributed by atoms with Crippen LogP contribution in [0.1, 0.15) is 38.7 Å². The van der Waals surface area contributed by atoms with Crippen molar-refractivity contribution in [2.24, 2.45) is 0 Å². The van der Waals surface area contributed by atoms with Crippen LogP contribution < -0.4 is 4.74 Å². The highest BCUT2D eigenvalue weighted by Gasteiger charge is 2.45. The van der Waals surface area contributed by atoms with Gasteiger partial charge in [-0.25, -0.2) is 4.79 Å². The molecule has 8 heteroatoms. The van der Waals surface area contributed by atoms with Crippen LogP contribution in [-0.4, -0.2) is 66.9 Å². The van der Waals surface area contributed by atoms with Gasteiger partial charge >= 0.3 is 5.97 Å². The minimum Gasteiger partial charge on any atom is -0.507 e. The zero-order chi connectivity index (χ0) is 28.1. The van der Waals surface area contributed by atoms with E-state index in [0.717, 1.165) is 11.1 Å². The number of ether oxygens (including phenoxy) is 2. The lowest BCUT2D eigenvalue weighted by Gasteiger charge is -2.26. The lowest BCUT2D eigenvalue weighted by molar-refractivity contribution is -0.140. The number of Topliss-reactive ketones (excluding diaryl/α,β-unsaturated/α-hetero) is 1. The Balaban J connectivity index is 1.66. The Morgan fingerprint density at radius 2 is 1.64 bits per heavy atom. The molecule has 3 aromatic carbocycles. The summed E-state index contributed by atoms with van der Waals surface area (Å²) in [7, 11) is 5.05. The number of rotatable bonds is 9. The number of aliphatic hydroxyl groups excluding tert-OH is 1. The monoisotopic (exact) mass is 528 g/mol. The highest BCUT2D eigenvalue weighted by atomic mass is 16.5. The van der Waals surface area contributed by atoms with Crippen molar-refractivity contribution < 1.29 is 29.0 Å². The first-order valence-corrected chi connectivity index (χ1v) is 12.6. The largest absolute Gasteiger partial charge is 0.507 e. The molecule has 4 rings (SSSR count). The van der Waals surface area contributed by atoms with Crippen LogP contribution in [0.25, 0.3) is 5.76 Å². The molecule has 0 bridgehead atoms. The first-order valence-electron chi connectivity index (χ1n) is 12.6. The van der Waals surface area contributed by atoms with E-state index in [4.69, 9.17) is 9.47 Å². The average Bonchev–Trinajstić information content (AvgIpc) is 3.19. The molecule has 0 unspecified atom stereocenters. The summed E-state index contributed by atoms with van der Waals surface area (Å²) in [5.74, 6) is -1.60. The fourth-order valence-corrected chi connectivity index (χ4v) is 4.52. The quantitative estimate of drug-likeness (QED) is 0.191. The van der Waals surface area contributed by atoms with Gasteiger partial charge in [-0.1, -0.05) is 42.0 Å². The van der Waals surface area contributed by atoms with Gasteiger partial charge in [0.05, 0.1) is 24.3 Å². The van der Waals surface area contributed by atoms with Crippen LogP contribution in [0.4, 0.5) is 0 Å². The van der Waals surface area contributed by atoms with Crippen LogP contribution >= 0.6 is 0 Å². The highest BCUT2D eigenvalue weighted by Crippen LogP contribution is 2.39. The van der Waals surface area contributed by atoms with Crippen molar-refractivity contribution in [1.29, 1.82) is 0 Å². The number of carbonyl (C=O) groups is 3. The Bertz CT molecular complexity index is 1390. The maximum absolute atomic E-state index is 13.2. The number of benzene rings is 3. The molecule has 39 heavy (non-hydrogen) atoms. The molecular formula is C31H32N2O6. The van der Waals surface area contributed by atoms with Gasteiger partial charge < -0.3 is 24.4 Å². The number of hydrogen-bond acceptors (Lipinski definition) is 7. The molecule has 0 aromatic heterocycles. The van der Waals surface area contributed by atoms with E-state index >= 15 is 0 Å². The van der Waals surface area contributed by atoms with E-state index in [0.29, 0.717) is 35.6 Å². The van der Waals surface area contributed by atoms with E-state index in [1.54, 1.807) is 48.5 Å². The van der Waals surface area contributed by atoms with Crippen molar-refractivity contribution in [3.63, 3.8) is 0 Å². The minimum atomic E-state index is -0.811. The van der Waals surface area contributed by atoms with Gasteiger partial charge in [-0.15, -0.1) is 0 Å². The van der Waals surface area contributed by atoms with Gasteiger partial charge in [0.2, 0.25) is 0 Å². The van der Waals surface area contributed by atoms with Crippen LogP contribution in [0.3, 0.4) is 0 Å². The van der Waals surface area contributed by atoms with Gasteiger partial charge in [0.25, 0.3) is 11.7 Å². The smallest absolute Gasteiger partial charge is 0.337 e. The molecule has 1 amide bonds. The molecule has 202 valence electrons. The summed E-state index contributed by atoms with van der Waals surface area (Å²) in [6.45, 7) is 3.22. The SMILES string of the molecule is COC(=O)c1ccc([C@@H]2C(=C(O)c3ccc(OCc4cccc(C)c4)cc3)C(=O)C(=O)N2CCN(C)C)cc1. The van der Waals surface area contributed by atoms with E-state index in [2.05, 4.69) is 0 Å². The molecule has 0 aliphatic carbocycles. The van der Waals surface area contributed by atoms with Crippen molar-refractivity contribution in [2.45, 2.75) is 19.6 Å². The fourth-order valence-electron chi connectivity index (χ4n) is 4.52. The topological polar surface area (TPSA) is 96.4 Å². The normalized spacial score (nSPS) is 16.5. The van der Waals surface area contributed by atoms with E-state index in [9.17, 15) is 19.5 Å². The number of likely N-dealkylation sites (N-methyl/N-ethyl adjacent to an activating group) is 1. The number of amides is 1. The molecule has 1 aliphatic heterocycles. The Morgan fingerprint density at radius 3 is 2.26 bits per heavy atom. The average molecular weight is 529 g/mol. The summed E-state index contributed by atoms with van der Waals surface area (Å²) in [6.07, 6.45) is 0. The number of likely N-dealkylation sites (tertiary alicyclic amines) is 1. The fraction of sp³-hybridized carbons (Fsp3) is 0.258. The summed E-state index contributed by atoms with van der Waals surface area (Å²) in [5.41, 5.74) is 3.51. The van der Waals surface area contributed by atoms with E-state index in [-0.39, 0.29) is 17.9 Å². The summed E-state index contributed by atoms with van der Waals surface area (Å²) in [4.78, 5) is 41.6. The number of carbonyl (C=O) groups excluding carboxylic acids is 3. The van der Waals surface area contributed by atoms with Gasteiger partial charge in [-0.2, -0.15) is 0 Å². The Labute approximate surface area is 228 Å². The van der Waals surface area contributed by atoms with Gasteiger partial charge in [0, 0.05) is 18.7 Å². The van der Waals surface area contributed by atoms with Gasteiger partial charge in [-0.05, 0) is 68.5 Å². The van der Waals surface area contributed by atoms with Crippen LogP contribution in [0.2, 0.25) is 0 Å². The lowest BCUT2D eigenvalue weighted by atomic mass is 9.94. The number of ketones is 1. The number of aliphatic hydroxyl groups is 1. The van der Waals surface area contributed by atoms with Gasteiger partial charge in [0.1, 0.15) is 18.1 Å². The summed E-state index contributed by atoms with van der Waals surface area (Å²) in [6, 6.07) is 20.5. The molecule has 3 aromatic rings. The molecule has 1 N–H and O–H groups in total. The first-order chi connectivity index (χ1) is 18.7. The first kappa shape index (κ1) is 27.6. The third-order valence-electron chi connectivity index (χ3n) is 6.59. The molecule has 0 spiro atoms. The van der Waals surface area contributed by atoms with Gasteiger partial charge in [-0.3, -0.25) is 9.59 Å². The van der Waals surface area contributed by atoms with Crippen LogP contribution in [0.15, 0.2) is 78.4 Å². The second-order valence-corrected chi connectivity index (χ2v) is 9.71. The lowest BCUT2D eigenvalue weighted by Crippen LogP contribution is -2.35. The molecule has 8 nitrogen and oxygen atoms in total. The molecule has 1 saturated heterocycles. The Kier molecular flexibility index (Phi) is 8.46. The number of aryl methyl sites for hydroxylation is 1. The number of methoxy groups -OCH3 is 1. The molecule has 1 fully saturated rings. The van der Waals surface area contributed by atoms with Gasteiger partial charge in [0.15, 0.2) is 0 Å². The molecule has 0 radical (unpaired) electrons. The molecule has 0 saturated carbocycles. The van der Waals surface area contributed by atoms with Crippen molar-refractivity contribution >= 4 is 23.4 Å². The van der Waals surface area contributed by atoms with Crippen LogP contribution in [-0.2, 0) is 20.9 Å². The second-order valence-electron chi connectivity index (χ2n) is 9.71. The third-order valence-corrected chi connectivity index (χ3v) is 6.59. The summed E-state index contributed by atoms with van der Waals surface area (Å²) in [5, 5.41) is 11.3. The van der Waals surface area contributed by atoms with Crippen LogP contribution in [0.5, 0.6) is 5.75 Å². The number of esters is 1. The predicted molar refractivity (Wildman–Crippen MR) is 147 cm³/mol. The zero-order valence-electron chi connectivity index (χ0n) is 22.5. The predicted octanol–water partition coefficient (Wildman–Crippen LogP) is 4.34. The molecule has 1 heterocycles. The number of nitrogens with zero attached hydrogens (tertiary/aromatic N) is 2. The third kappa shape index (κ3) is 6.18. The van der Waals surface area contributed by atoms with Crippen molar-refractivity contribution in [3.8, 4) is 5.75 Å². The summed E-state index contributed by atoms with van der Waals surface area (Å²) >= 11 is 0. The van der Waals surface area contributed by atoms with E-state index in [1.165, 1.54) is 12.0 Å². The zero-order valence-corrected chi connectivity index (χ0v) is 22.5. The molecule has 1 aliphatic rings. The van der Waals surface area contributed by atoms with Crippen molar-refractivity contribution in [3.05, 3.63) is 106 Å². The minimum absolute atomic E-state index is 0.00185.